The highest BCUT2D eigenvalue weighted by atomic mass is 31.2. The van der Waals surface area contributed by atoms with Crippen molar-refractivity contribution in [2.24, 2.45) is 0 Å². The molecule has 0 N–H and O–H groups in total. The van der Waals surface area contributed by atoms with E-state index in [-0.39, 0.29) is 0 Å². The minimum absolute atomic E-state index is 0.831. The van der Waals surface area contributed by atoms with Gasteiger partial charge in [-0.1, -0.05) is 54.6 Å². The molecule has 0 atom stereocenters. The molecule has 0 aliphatic rings. The number of para-hydroxylation sites is 3. The van der Waals surface area contributed by atoms with Crippen LogP contribution in [0.5, 0.6) is 0 Å². The number of aromatic nitrogens is 3. The van der Waals surface area contributed by atoms with Crippen LogP contribution in [0, 0.1) is 20.8 Å². The first-order valence-electron chi connectivity index (χ1n) is 13.7. The zero-order valence-corrected chi connectivity index (χ0v) is 24.1. The van der Waals surface area contributed by atoms with E-state index in [9.17, 15) is 0 Å². The molecule has 0 amide bonds. The lowest BCUT2D eigenvalue weighted by Gasteiger charge is -2.22. The van der Waals surface area contributed by atoms with Crippen LogP contribution < -0.4 is 15.9 Å². The molecule has 6 aromatic rings. The van der Waals surface area contributed by atoms with Crippen LogP contribution in [0.25, 0.3) is 32.7 Å². The number of hydrogen-bond donors (Lipinski definition) is 0. The number of benzene rings is 3. The van der Waals surface area contributed by atoms with Crippen molar-refractivity contribution in [1.29, 1.82) is 0 Å². The van der Waals surface area contributed by atoms with E-state index in [1.165, 1.54) is 0 Å². The van der Waals surface area contributed by atoms with E-state index < -0.39 is 7.14 Å². The maximum absolute atomic E-state index is 16.7. The molecule has 194 valence electrons. The summed E-state index contributed by atoms with van der Waals surface area (Å²) < 4.78 is 23.7. The van der Waals surface area contributed by atoms with Crippen molar-refractivity contribution in [3.05, 3.63) is 89.9 Å². The van der Waals surface area contributed by atoms with Crippen molar-refractivity contribution in [3.8, 4) is 0 Å². The fourth-order valence-corrected chi connectivity index (χ4v) is 11.0. The van der Waals surface area contributed by atoms with E-state index in [1.807, 2.05) is 0 Å². The Hall–Kier alpha value is -3.49. The lowest BCUT2D eigenvalue weighted by atomic mass is 10.2. The van der Waals surface area contributed by atoms with Crippen molar-refractivity contribution in [1.82, 2.24) is 13.7 Å². The second kappa shape index (κ2) is 9.06. The van der Waals surface area contributed by atoms with Gasteiger partial charge in [0.25, 0.3) is 0 Å². The van der Waals surface area contributed by atoms with Gasteiger partial charge < -0.3 is 18.3 Å². The predicted molar refractivity (Wildman–Crippen MR) is 164 cm³/mol. The fourth-order valence-electron chi connectivity index (χ4n) is 6.99. The molecule has 3 heterocycles. The van der Waals surface area contributed by atoms with Gasteiger partial charge in [-0.3, -0.25) is 0 Å². The SMILES string of the molecule is CCn1c(C)c(P(=O)(c2c(C)n(CC)c3ccccc23)c2c(C)n(CC)c3ccccc23)c2ccccc21. The molecular weight excluding hydrogens is 485 g/mol. The van der Waals surface area contributed by atoms with E-state index in [4.69, 9.17) is 0 Å². The molecule has 0 saturated carbocycles. The van der Waals surface area contributed by atoms with Crippen LogP contribution in [0.15, 0.2) is 72.8 Å². The summed E-state index contributed by atoms with van der Waals surface area (Å²) in [4.78, 5) is 0. The Bertz CT molecular complexity index is 1680. The van der Waals surface area contributed by atoms with E-state index in [2.05, 4.69) is 128 Å². The van der Waals surface area contributed by atoms with Crippen molar-refractivity contribution in [2.75, 3.05) is 0 Å². The first kappa shape index (κ1) is 24.8. The summed E-state index contributed by atoms with van der Waals surface area (Å²) in [7, 11) is -3.37. The van der Waals surface area contributed by atoms with Gasteiger partial charge in [0.05, 0.1) is 0 Å². The molecule has 0 bridgehead atoms. The summed E-state index contributed by atoms with van der Waals surface area (Å²) in [6.45, 7) is 15.5. The van der Waals surface area contributed by atoms with Gasteiger partial charge in [-0.15, -0.1) is 0 Å². The Kier molecular flexibility index (Phi) is 5.92. The molecule has 0 unspecified atom stereocenters. The van der Waals surface area contributed by atoms with Crippen LogP contribution in [0.4, 0.5) is 0 Å². The van der Waals surface area contributed by atoms with Crippen molar-refractivity contribution >= 4 is 55.8 Å². The summed E-state index contributed by atoms with van der Waals surface area (Å²) in [6.07, 6.45) is 0. The first-order chi connectivity index (χ1) is 18.4. The van der Waals surface area contributed by atoms with Gasteiger partial charge in [0.15, 0.2) is 7.14 Å². The summed E-state index contributed by atoms with van der Waals surface area (Å²) in [5, 5.41) is 6.24. The monoisotopic (exact) mass is 521 g/mol. The Balaban J connectivity index is 1.90. The minimum atomic E-state index is -3.37. The van der Waals surface area contributed by atoms with Gasteiger partial charge in [0, 0.05) is 85.3 Å². The second-order valence-corrected chi connectivity index (χ2v) is 12.8. The highest BCUT2D eigenvalue weighted by Gasteiger charge is 2.42. The van der Waals surface area contributed by atoms with Gasteiger partial charge in [-0.25, -0.2) is 0 Å². The molecular formula is C33H36N3OP. The van der Waals surface area contributed by atoms with Crippen LogP contribution in [0.2, 0.25) is 0 Å². The summed E-state index contributed by atoms with van der Waals surface area (Å²) in [5.41, 5.74) is 6.73. The molecule has 3 aromatic heterocycles. The Morgan fingerprint density at radius 2 is 0.763 bits per heavy atom. The number of hydrogen-bond acceptors (Lipinski definition) is 1. The molecule has 0 saturated heterocycles. The summed E-state index contributed by atoms with van der Waals surface area (Å²) in [5.74, 6) is 0. The zero-order valence-electron chi connectivity index (χ0n) is 23.2. The second-order valence-electron chi connectivity index (χ2n) is 10.2. The third kappa shape index (κ3) is 3.13. The molecule has 6 rings (SSSR count). The number of aryl methyl sites for hydroxylation is 3. The average Bonchev–Trinajstić information content (AvgIpc) is 3.51. The largest absolute Gasteiger partial charge is 0.344 e. The first-order valence-corrected chi connectivity index (χ1v) is 15.5. The minimum Gasteiger partial charge on any atom is -0.344 e. The smallest absolute Gasteiger partial charge is 0.178 e. The van der Waals surface area contributed by atoms with E-state index in [0.717, 1.165) is 85.3 Å². The van der Waals surface area contributed by atoms with Gasteiger partial charge in [-0.05, 0) is 59.7 Å². The standard InChI is InChI=1S/C33H36N3OP/c1-7-34-22(4)31(25-16-10-13-19-28(25)34)38(37,32-23(5)35(8-2)29-20-14-11-17-26(29)32)33-24(6)36(9-3)30-21-15-12-18-27(30)33/h10-21H,7-9H2,1-6H3. The van der Waals surface area contributed by atoms with E-state index >= 15 is 4.57 Å². The lowest BCUT2D eigenvalue weighted by molar-refractivity contribution is 0.592. The van der Waals surface area contributed by atoms with Crippen LogP contribution in [-0.4, -0.2) is 13.7 Å². The Morgan fingerprint density at radius 1 is 0.500 bits per heavy atom. The fraction of sp³-hybridized carbons (Fsp3) is 0.273. The quantitative estimate of drug-likeness (QED) is 0.214. The molecule has 0 aliphatic heterocycles. The topological polar surface area (TPSA) is 31.9 Å². The van der Waals surface area contributed by atoms with Gasteiger partial charge in [0.2, 0.25) is 0 Å². The maximum atomic E-state index is 16.7. The van der Waals surface area contributed by atoms with Crippen LogP contribution in [0.3, 0.4) is 0 Å². The molecule has 0 spiro atoms. The third-order valence-electron chi connectivity index (χ3n) is 8.49. The maximum Gasteiger partial charge on any atom is 0.178 e. The average molecular weight is 522 g/mol. The molecule has 4 nitrogen and oxygen atoms in total. The summed E-state index contributed by atoms with van der Waals surface area (Å²) in [6, 6.07) is 25.5. The van der Waals surface area contributed by atoms with Gasteiger partial charge in [-0.2, -0.15) is 0 Å². The van der Waals surface area contributed by atoms with Crippen LogP contribution in [0.1, 0.15) is 37.9 Å². The zero-order chi connectivity index (χ0) is 26.8. The van der Waals surface area contributed by atoms with Gasteiger partial charge in [0.1, 0.15) is 0 Å². The van der Waals surface area contributed by atoms with Crippen molar-refractivity contribution < 1.29 is 4.57 Å². The number of nitrogens with zero attached hydrogens (tertiary/aromatic N) is 3. The highest BCUT2D eigenvalue weighted by Crippen LogP contribution is 2.52. The van der Waals surface area contributed by atoms with Crippen LogP contribution in [-0.2, 0) is 24.2 Å². The highest BCUT2D eigenvalue weighted by molar-refractivity contribution is 7.86. The molecule has 0 aliphatic carbocycles. The van der Waals surface area contributed by atoms with Crippen LogP contribution >= 0.6 is 7.14 Å². The lowest BCUT2D eigenvalue weighted by Crippen LogP contribution is -2.29. The normalized spacial score (nSPS) is 12.4. The predicted octanol–water partition coefficient (Wildman–Crippen LogP) is 7.18. The molecule has 0 fully saturated rings. The molecule has 5 heteroatoms. The van der Waals surface area contributed by atoms with Crippen molar-refractivity contribution in [3.63, 3.8) is 0 Å². The number of rotatable bonds is 6. The Morgan fingerprint density at radius 3 is 1.03 bits per heavy atom. The van der Waals surface area contributed by atoms with Crippen molar-refractivity contribution in [2.45, 2.75) is 61.2 Å². The number of fused-ring (bicyclic) bond motifs is 3. The van der Waals surface area contributed by atoms with E-state index in [0.29, 0.717) is 0 Å². The third-order valence-corrected chi connectivity index (χ3v) is 12.1. The molecule has 0 radical (unpaired) electrons. The molecule has 3 aromatic carbocycles. The van der Waals surface area contributed by atoms with E-state index in [1.54, 1.807) is 0 Å². The van der Waals surface area contributed by atoms with Gasteiger partial charge >= 0.3 is 0 Å². The Labute approximate surface area is 224 Å². The summed E-state index contributed by atoms with van der Waals surface area (Å²) >= 11 is 0. The molecule has 38 heavy (non-hydrogen) atoms.